The van der Waals surface area contributed by atoms with Gasteiger partial charge in [0.25, 0.3) is 0 Å². The lowest BCUT2D eigenvalue weighted by Crippen LogP contribution is -2.09. The Hall–Kier alpha value is -1.81. The standard InChI is InChI=1S/C16H18N2O2/c1-2-15-9-14(17-18(15)6-1)11-20-16-4-3-13-10-19-7-5-12(13)8-16/h3-4,8-9H,1-2,5-7,10-11H2. The van der Waals surface area contributed by atoms with Crippen molar-refractivity contribution in [3.05, 3.63) is 46.8 Å². The Labute approximate surface area is 118 Å². The highest BCUT2D eigenvalue weighted by atomic mass is 16.5. The van der Waals surface area contributed by atoms with Crippen LogP contribution in [-0.2, 0) is 37.3 Å². The molecule has 0 bridgehead atoms. The summed E-state index contributed by atoms with van der Waals surface area (Å²) in [6.07, 6.45) is 3.34. The SMILES string of the molecule is c1cc2c(cc1OCc1cc3n(n1)CCC3)CCOC2. The third-order valence-corrected chi connectivity index (χ3v) is 4.05. The van der Waals surface area contributed by atoms with Crippen LogP contribution in [0.15, 0.2) is 24.3 Å². The van der Waals surface area contributed by atoms with Crippen LogP contribution in [0.25, 0.3) is 0 Å². The Morgan fingerprint density at radius 2 is 2.20 bits per heavy atom. The second-order valence-corrected chi connectivity index (χ2v) is 5.48. The summed E-state index contributed by atoms with van der Waals surface area (Å²) in [5.74, 6) is 0.929. The van der Waals surface area contributed by atoms with Gasteiger partial charge in [-0.05, 0) is 48.6 Å². The second-order valence-electron chi connectivity index (χ2n) is 5.48. The Morgan fingerprint density at radius 1 is 1.20 bits per heavy atom. The molecule has 0 N–H and O–H groups in total. The van der Waals surface area contributed by atoms with Crippen LogP contribution in [0, 0.1) is 0 Å². The molecule has 1 aromatic carbocycles. The number of aromatic nitrogens is 2. The minimum Gasteiger partial charge on any atom is -0.487 e. The predicted octanol–water partition coefficient (Wildman–Crippen LogP) is 2.48. The first-order valence-electron chi connectivity index (χ1n) is 7.26. The minimum absolute atomic E-state index is 0.551. The van der Waals surface area contributed by atoms with Crippen molar-refractivity contribution < 1.29 is 9.47 Å². The topological polar surface area (TPSA) is 36.3 Å². The van der Waals surface area contributed by atoms with Gasteiger partial charge in [0.15, 0.2) is 0 Å². The molecule has 0 saturated carbocycles. The predicted molar refractivity (Wildman–Crippen MR) is 74.7 cm³/mol. The summed E-state index contributed by atoms with van der Waals surface area (Å²) in [6, 6.07) is 8.44. The van der Waals surface area contributed by atoms with Crippen molar-refractivity contribution in [1.82, 2.24) is 9.78 Å². The van der Waals surface area contributed by atoms with Gasteiger partial charge in [-0.3, -0.25) is 4.68 Å². The van der Waals surface area contributed by atoms with Crippen molar-refractivity contribution in [3.63, 3.8) is 0 Å². The molecule has 1 aromatic heterocycles. The quantitative estimate of drug-likeness (QED) is 0.859. The molecular formula is C16H18N2O2. The third-order valence-electron chi connectivity index (χ3n) is 4.05. The lowest BCUT2D eigenvalue weighted by Gasteiger charge is -2.17. The third kappa shape index (κ3) is 2.20. The van der Waals surface area contributed by atoms with Gasteiger partial charge in [-0.15, -0.1) is 0 Å². The van der Waals surface area contributed by atoms with Crippen LogP contribution in [0.2, 0.25) is 0 Å². The normalized spacial score (nSPS) is 16.8. The molecule has 0 spiro atoms. The number of benzene rings is 1. The lowest BCUT2D eigenvalue weighted by atomic mass is 10.0. The van der Waals surface area contributed by atoms with Crippen molar-refractivity contribution in [3.8, 4) is 5.75 Å². The van der Waals surface area contributed by atoms with Gasteiger partial charge in [-0.2, -0.15) is 5.10 Å². The molecule has 4 heteroatoms. The van der Waals surface area contributed by atoms with Crippen molar-refractivity contribution in [2.45, 2.75) is 39.0 Å². The van der Waals surface area contributed by atoms with Crippen LogP contribution >= 0.6 is 0 Å². The average Bonchev–Trinajstić information content (AvgIpc) is 3.06. The number of fused-ring (bicyclic) bond motifs is 2. The van der Waals surface area contributed by atoms with Crippen molar-refractivity contribution in [2.24, 2.45) is 0 Å². The number of ether oxygens (including phenoxy) is 2. The molecule has 3 heterocycles. The Bertz CT molecular complexity index is 612. The molecular weight excluding hydrogens is 252 g/mol. The summed E-state index contributed by atoms with van der Waals surface area (Å²) < 4.78 is 13.4. The summed E-state index contributed by atoms with van der Waals surface area (Å²) in [5.41, 5.74) is 5.00. The van der Waals surface area contributed by atoms with Gasteiger partial charge in [0.05, 0.1) is 13.2 Å². The molecule has 0 saturated heterocycles. The summed E-state index contributed by atoms with van der Waals surface area (Å²) in [5, 5.41) is 4.56. The van der Waals surface area contributed by atoms with E-state index in [4.69, 9.17) is 9.47 Å². The van der Waals surface area contributed by atoms with E-state index >= 15 is 0 Å². The summed E-state index contributed by atoms with van der Waals surface area (Å²) in [4.78, 5) is 0. The van der Waals surface area contributed by atoms with Crippen LogP contribution in [0.5, 0.6) is 5.75 Å². The van der Waals surface area contributed by atoms with Crippen LogP contribution < -0.4 is 4.74 Å². The highest BCUT2D eigenvalue weighted by molar-refractivity contribution is 5.36. The zero-order valence-corrected chi connectivity index (χ0v) is 11.5. The number of aryl methyl sites for hydroxylation is 2. The second kappa shape index (κ2) is 4.94. The van der Waals surface area contributed by atoms with Crippen LogP contribution in [-0.4, -0.2) is 16.4 Å². The van der Waals surface area contributed by atoms with E-state index in [1.54, 1.807) is 0 Å². The molecule has 0 fully saturated rings. The summed E-state index contributed by atoms with van der Waals surface area (Å²) >= 11 is 0. The monoisotopic (exact) mass is 270 g/mol. The lowest BCUT2D eigenvalue weighted by molar-refractivity contribution is 0.110. The van der Waals surface area contributed by atoms with Crippen molar-refractivity contribution in [1.29, 1.82) is 0 Å². The molecule has 4 nitrogen and oxygen atoms in total. The van der Waals surface area contributed by atoms with E-state index in [9.17, 15) is 0 Å². The fourth-order valence-corrected chi connectivity index (χ4v) is 2.98. The van der Waals surface area contributed by atoms with Crippen LogP contribution in [0.1, 0.15) is 28.9 Å². The number of hydrogen-bond donors (Lipinski definition) is 0. The van der Waals surface area contributed by atoms with E-state index in [2.05, 4.69) is 28.0 Å². The van der Waals surface area contributed by atoms with E-state index < -0.39 is 0 Å². The van der Waals surface area contributed by atoms with Gasteiger partial charge in [-0.25, -0.2) is 0 Å². The Balaban J connectivity index is 1.46. The maximum absolute atomic E-state index is 5.88. The molecule has 2 aliphatic rings. The maximum atomic E-state index is 5.88. The molecule has 104 valence electrons. The Morgan fingerprint density at radius 3 is 3.15 bits per heavy atom. The molecule has 2 aliphatic heterocycles. The zero-order chi connectivity index (χ0) is 13.4. The molecule has 4 rings (SSSR count). The fourth-order valence-electron chi connectivity index (χ4n) is 2.98. The van der Waals surface area contributed by atoms with E-state index in [-0.39, 0.29) is 0 Å². The van der Waals surface area contributed by atoms with Gasteiger partial charge >= 0.3 is 0 Å². The molecule has 0 amide bonds. The highest BCUT2D eigenvalue weighted by Gasteiger charge is 2.14. The molecule has 0 unspecified atom stereocenters. The molecule has 2 aromatic rings. The van der Waals surface area contributed by atoms with E-state index in [0.29, 0.717) is 6.61 Å². The van der Waals surface area contributed by atoms with E-state index in [1.807, 2.05) is 6.07 Å². The summed E-state index contributed by atoms with van der Waals surface area (Å²) in [6.45, 7) is 3.14. The van der Waals surface area contributed by atoms with E-state index in [0.717, 1.165) is 44.0 Å². The van der Waals surface area contributed by atoms with Gasteiger partial charge < -0.3 is 9.47 Å². The van der Waals surface area contributed by atoms with E-state index in [1.165, 1.54) is 23.2 Å². The van der Waals surface area contributed by atoms with Gasteiger partial charge in [0.1, 0.15) is 18.1 Å². The number of hydrogen-bond acceptors (Lipinski definition) is 3. The minimum atomic E-state index is 0.551. The maximum Gasteiger partial charge on any atom is 0.132 e. The molecule has 20 heavy (non-hydrogen) atoms. The van der Waals surface area contributed by atoms with Gasteiger partial charge in [0.2, 0.25) is 0 Å². The van der Waals surface area contributed by atoms with Gasteiger partial charge in [0, 0.05) is 12.2 Å². The van der Waals surface area contributed by atoms with Crippen LogP contribution in [0.4, 0.5) is 0 Å². The first-order valence-corrected chi connectivity index (χ1v) is 7.26. The van der Waals surface area contributed by atoms with Crippen molar-refractivity contribution in [2.75, 3.05) is 6.61 Å². The first-order chi connectivity index (χ1) is 9.88. The molecule has 0 aliphatic carbocycles. The largest absolute Gasteiger partial charge is 0.487 e. The number of rotatable bonds is 3. The smallest absolute Gasteiger partial charge is 0.132 e. The summed E-state index contributed by atoms with van der Waals surface area (Å²) in [7, 11) is 0. The molecule has 0 atom stereocenters. The van der Waals surface area contributed by atoms with Crippen LogP contribution in [0.3, 0.4) is 0 Å². The average molecular weight is 270 g/mol. The highest BCUT2D eigenvalue weighted by Crippen LogP contribution is 2.23. The van der Waals surface area contributed by atoms with Gasteiger partial charge in [-0.1, -0.05) is 6.07 Å². The molecule has 0 radical (unpaired) electrons. The fraction of sp³-hybridized carbons (Fsp3) is 0.438. The zero-order valence-electron chi connectivity index (χ0n) is 11.5. The Kier molecular flexibility index (Phi) is 2.96. The number of nitrogens with zero attached hydrogens (tertiary/aromatic N) is 2. The first kappa shape index (κ1) is 12.0. The van der Waals surface area contributed by atoms with Crippen molar-refractivity contribution >= 4 is 0 Å².